The molecular weight excluding hydrogens is 326 g/mol. The van der Waals surface area contributed by atoms with E-state index in [-0.39, 0.29) is 12.5 Å². The van der Waals surface area contributed by atoms with Crippen molar-refractivity contribution in [3.63, 3.8) is 0 Å². The van der Waals surface area contributed by atoms with Gasteiger partial charge in [0, 0.05) is 5.69 Å². The molecule has 1 amide bonds. The van der Waals surface area contributed by atoms with E-state index in [9.17, 15) is 4.79 Å². The molecule has 138 valence electrons. The van der Waals surface area contributed by atoms with E-state index < -0.39 is 0 Å². The van der Waals surface area contributed by atoms with Gasteiger partial charge in [-0.2, -0.15) is 5.10 Å². The Balaban J connectivity index is 1.82. The summed E-state index contributed by atoms with van der Waals surface area (Å²) in [6.07, 6.45) is 13.9. The van der Waals surface area contributed by atoms with Crippen LogP contribution in [-0.4, -0.2) is 23.7 Å². The number of aromatic amines is 1. The lowest BCUT2D eigenvalue weighted by Crippen LogP contribution is -2.22. The Morgan fingerprint density at radius 1 is 1.38 bits per heavy atom. The van der Waals surface area contributed by atoms with Crippen LogP contribution in [-0.2, 0) is 16.0 Å². The number of carbonyl (C=O) groups excluding carboxylic acids is 1. The van der Waals surface area contributed by atoms with Crippen LogP contribution in [0.1, 0.15) is 51.1 Å². The molecule has 0 saturated carbocycles. The minimum absolute atomic E-state index is 0.0685. The number of H-pyrrole nitrogens is 1. The van der Waals surface area contributed by atoms with Gasteiger partial charge in [-0.05, 0) is 57.7 Å². The Hall–Kier alpha value is -2.82. The van der Waals surface area contributed by atoms with Crippen molar-refractivity contribution in [1.29, 1.82) is 0 Å². The summed E-state index contributed by atoms with van der Waals surface area (Å²) < 4.78 is 5.52. The summed E-state index contributed by atoms with van der Waals surface area (Å²) >= 11 is 0. The molecule has 2 rings (SSSR count). The van der Waals surface area contributed by atoms with Gasteiger partial charge >= 0.3 is 0 Å². The second kappa shape index (κ2) is 9.61. The fraction of sp³-hybridized carbons (Fsp3) is 0.333. The van der Waals surface area contributed by atoms with Gasteiger partial charge in [0.2, 0.25) is 0 Å². The SMILES string of the molecule is C/C=C/C(C)=C\C(C)=C(/C)OCC(=O)N/N=C/c1cc2c([nH]1)CCC=C2. The summed E-state index contributed by atoms with van der Waals surface area (Å²) in [6, 6.07) is 2.02. The maximum Gasteiger partial charge on any atom is 0.277 e. The van der Waals surface area contributed by atoms with Crippen molar-refractivity contribution in [3.8, 4) is 0 Å². The van der Waals surface area contributed by atoms with E-state index in [1.165, 1.54) is 11.3 Å². The quantitative estimate of drug-likeness (QED) is 0.333. The Morgan fingerprint density at radius 2 is 2.19 bits per heavy atom. The minimum Gasteiger partial charge on any atom is -0.488 e. The van der Waals surface area contributed by atoms with E-state index in [4.69, 9.17) is 4.74 Å². The van der Waals surface area contributed by atoms with Crippen molar-refractivity contribution in [1.82, 2.24) is 10.4 Å². The van der Waals surface area contributed by atoms with Gasteiger partial charge in [-0.25, -0.2) is 5.43 Å². The molecule has 26 heavy (non-hydrogen) atoms. The van der Waals surface area contributed by atoms with E-state index >= 15 is 0 Å². The van der Waals surface area contributed by atoms with Gasteiger partial charge in [-0.3, -0.25) is 4.79 Å². The Morgan fingerprint density at radius 3 is 2.92 bits per heavy atom. The zero-order chi connectivity index (χ0) is 18.9. The first kappa shape index (κ1) is 19.5. The lowest BCUT2D eigenvalue weighted by atomic mass is 10.1. The Bertz CT molecular complexity index is 792. The third-order valence-electron chi connectivity index (χ3n) is 4.05. The highest BCUT2D eigenvalue weighted by Crippen LogP contribution is 2.18. The molecule has 1 aliphatic carbocycles. The number of hydrogen-bond donors (Lipinski definition) is 2. The van der Waals surface area contributed by atoms with Gasteiger partial charge in [0.25, 0.3) is 5.91 Å². The molecule has 1 aromatic heterocycles. The number of allylic oxidation sites excluding steroid dienone is 7. The van der Waals surface area contributed by atoms with Crippen LogP contribution in [0.5, 0.6) is 0 Å². The van der Waals surface area contributed by atoms with Crippen LogP contribution in [0.4, 0.5) is 0 Å². The smallest absolute Gasteiger partial charge is 0.277 e. The highest BCUT2D eigenvalue weighted by molar-refractivity contribution is 5.82. The lowest BCUT2D eigenvalue weighted by Gasteiger charge is -2.07. The summed E-state index contributed by atoms with van der Waals surface area (Å²) in [5.41, 5.74) is 7.87. The van der Waals surface area contributed by atoms with E-state index in [1.54, 1.807) is 6.21 Å². The Labute approximate surface area is 155 Å². The number of amides is 1. The van der Waals surface area contributed by atoms with Gasteiger partial charge in [0.1, 0.15) is 0 Å². The monoisotopic (exact) mass is 353 g/mol. The maximum absolute atomic E-state index is 11.9. The predicted octanol–water partition coefficient (Wildman–Crippen LogP) is 4.26. The number of ether oxygens (including phenoxy) is 1. The van der Waals surface area contributed by atoms with Crippen LogP contribution in [0.15, 0.2) is 52.4 Å². The molecule has 0 fully saturated rings. The molecule has 0 atom stereocenters. The van der Waals surface area contributed by atoms with Crippen molar-refractivity contribution in [2.75, 3.05) is 6.61 Å². The van der Waals surface area contributed by atoms with Crippen LogP contribution in [0.25, 0.3) is 6.08 Å². The molecule has 1 heterocycles. The van der Waals surface area contributed by atoms with Gasteiger partial charge in [-0.1, -0.05) is 36.0 Å². The zero-order valence-electron chi connectivity index (χ0n) is 15.9. The van der Waals surface area contributed by atoms with Gasteiger partial charge in [0.15, 0.2) is 6.61 Å². The minimum atomic E-state index is -0.293. The number of nitrogens with zero attached hydrogens (tertiary/aromatic N) is 1. The van der Waals surface area contributed by atoms with Gasteiger partial charge in [0.05, 0.1) is 17.7 Å². The third kappa shape index (κ3) is 5.92. The second-order valence-electron chi connectivity index (χ2n) is 6.31. The number of hydrazone groups is 1. The molecule has 0 aromatic carbocycles. The van der Waals surface area contributed by atoms with E-state index in [0.29, 0.717) is 0 Å². The first-order valence-corrected chi connectivity index (χ1v) is 8.81. The fourth-order valence-electron chi connectivity index (χ4n) is 2.65. The normalized spacial score (nSPS) is 15.3. The first-order valence-electron chi connectivity index (χ1n) is 8.81. The van der Waals surface area contributed by atoms with Crippen molar-refractivity contribution in [3.05, 3.63) is 64.2 Å². The number of nitrogens with one attached hydrogen (secondary N) is 2. The second-order valence-corrected chi connectivity index (χ2v) is 6.31. The van der Waals surface area contributed by atoms with Crippen molar-refractivity contribution in [2.24, 2.45) is 5.10 Å². The van der Waals surface area contributed by atoms with Gasteiger partial charge < -0.3 is 9.72 Å². The largest absolute Gasteiger partial charge is 0.488 e. The number of hydrogen-bond acceptors (Lipinski definition) is 3. The highest BCUT2D eigenvalue weighted by atomic mass is 16.5. The summed E-state index contributed by atoms with van der Waals surface area (Å²) in [6.45, 7) is 7.74. The number of aromatic nitrogens is 1. The predicted molar refractivity (Wildman–Crippen MR) is 107 cm³/mol. The molecule has 0 spiro atoms. The standard InChI is InChI=1S/C21H27N3O2/c1-5-8-15(2)11-16(3)17(4)26-14-21(25)24-22-13-19-12-18-9-6-7-10-20(18)23-19/h5-6,8-9,11-13,23H,7,10,14H2,1-4H3,(H,24,25)/b8-5+,15-11-,17-16+,22-13+. The molecule has 0 aliphatic heterocycles. The summed E-state index contributed by atoms with van der Waals surface area (Å²) in [7, 11) is 0. The average Bonchev–Trinajstić information content (AvgIpc) is 3.02. The first-order chi connectivity index (χ1) is 12.5. The lowest BCUT2D eigenvalue weighted by molar-refractivity contribution is -0.124. The van der Waals surface area contributed by atoms with Crippen LogP contribution in [0, 0.1) is 0 Å². The van der Waals surface area contributed by atoms with Crippen LogP contribution < -0.4 is 5.43 Å². The molecule has 2 N–H and O–H groups in total. The van der Waals surface area contributed by atoms with Crippen molar-refractivity contribution in [2.45, 2.75) is 40.5 Å². The van der Waals surface area contributed by atoms with Crippen molar-refractivity contribution >= 4 is 18.2 Å². The maximum atomic E-state index is 11.9. The summed E-state index contributed by atoms with van der Waals surface area (Å²) in [5.74, 6) is 0.426. The van der Waals surface area contributed by atoms with E-state index in [0.717, 1.165) is 35.4 Å². The highest BCUT2D eigenvalue weighted by Gasteiger charge is 2.07. The Kier molecular flexibility index (Phi) is 7.21. The molecule has 0 radical (unpaired) electrons. The van der Waals surface area contributed by atoms with Crippen LogP contribution in [0.2, 0.25) is 0 Å². The molecule has 1 aliphatic rings. The number of aryl methyl sites for hydroxylation is 1. The third-order valence-corrected chi connectivity index (χ3v) is 4.05. The number of rotatable bonds is 7. The molecular formula is C21H27N3O2. The van der Waals surface area contributed by atoms with E-state index in [1.807, 2.05) is 52.0 Å². The van der Waals surface area contributed by atoms with E-state index in [2.05, 4.69) is 27.7 Å². The number of fused-ring (bicyclic) bond motifs is 1. The summed E-state index contributed by atoms with van der Waals surface area (Å²) in [5, 5.41) is 3.98. The van der Waals surface area contributed by atoms with Crippen molar-refractivity contribution < 1.29 is 9.53 Å². The molecule has 5 heteroatoms. The van der Waals surface area contributed by atoms with Crippen LogP contribution >= 0.6 is 0 Å². The average molecular weight is 353 g/mol. The molecule has 0 bridgehead atoms. The number of carbonyl (C=O) groups is 1. The summed E-state index contributed by atoms with van der Waals surface area (Å²) in [4.78, 5) is 15.2. The zero-order valence-corrected chi connectivity index (χ0v) is 15.9. The van der Waals surface area contributed by atoms with Gasteiger partial charge in [-0.15, -0.1) is 0 Å². The molecule has 0 unspecified atom stereocenters. The topological polar surface area (TPSA) is 66.5 Å². The fourth-order valence-corrected chi connectivity index (χ4v) is 2.65. The molecule has 5 nitrogen and oxygen atoms in total. The van der Waals surface area contributed by atoms with Crippen LogP contribution in [0.3, 0.4) is 0 Å². The molecule has 1 aromatic rings. The molecule has 0 saturated heterocycles.